The molecule has 0 aliphatic heterocycles. The van der Waals surface area contributed by atoms with Crippen LogP contribution in [0.15, 0.2) is 4.52 Å². The lowest BCUT2D eigenvalue weighted by molar-refractivity contribution is 0.313. The summed E-state index contributed by atoms with van der Waals surface area (Å²) in [4.78, 5) is 4.35. The molecule has 0 saturated carbocycles. The lowest BCUT2D eigenvalue weighted by atomic mass is 9.96. The van der Waals surface area contributed by atoms with Crippen LogP contribution in [-0.2, 0) is 5.41 Å². The van der Waals surface area contributed by atoms with Gasteiger partial charge < -0.3 is 10.3 Å². The highest BCUT2D eigenvalue weighted by Gasteiger charge is 2.25. The zero-order valence-corrected chi connectivity index (χ0v) is 10.2. The van der Waals surface area contributed by atoms with Crippen LogP contribution in [-0.4, -0.2) is 10.1 Å². The van der Waals surface area contributed by atoms with Gasteiger partial charge in [-0.1, -0.05) is 46.2 Å². The van der Waals surface area contributed by atoms with E-state index in [0.29, 0.717) is 17.6 Å². The van der Waals surface area contributed by atoms with Crippen molar-refractivity contribution < 1.29 is 4.52 Å². The Morgan fingerprint density at radius 3 is 2.40 bits per heavy atom. The van der Waals surface area contributed by atoms with Crippen LogP contribution in [0.2, 0.25) is 0 Å². The molecule has 0 spiro atoms. The van der Waals surface area contributed by atoms with Crippen molar-refractivity contribution in [3.05, 3.63) is 11.7 Å². The summed E-state index contributed by atoms with van der Waals surface area (Å²) in [5, 5.41) is 3.94. The van der Waals surface area contributed by atoms with Crippen molar-refractivity contribution in [1.82, 2.24) is 10.1 Å². The summed E-state index contributed by atoms with van der Waals surface area (Å²) in [6.07, 6.45) is 1.01. The van der Waals surface area contributed by atoms with Gasteiger partial charge >= 0.3 is 0 Å². The van der Waals surface area contributed by atoms with E-state index in [1.807, 2.05) is 20.8 Å². The minimum absolute atomic E-state index is 0.111. The van der Waals surface area contributed by atoms with Gasteiger partial charge in [0.2, 0.25) is 5.89 Å². The van der Waals surface area contributed by atoms with Crippen molar-refractivity contribution in [2.45, 2.75) is 52.5 Å². The van der Waals surface area contributed by atoms with Crippen LogP contribution in [0.5, 0.6) is 0 Å². The summed E-state index contributed by atoms with van der Waals surface area (Å²) in [6.45, 7) is 10.3. The summed E-state index contributed by atoms with van der Waals surface area (Å²) < 4.78 is 5.20. The maximum Gasteiger partial charge on any atom is 0.232 e. The summed E-state index contributed by atoms with van der Waals surface area (Å²) in [5.41, 5.74) is 5.91. The molecule has 1 heterocycles. The molecule has 15 heavy (non-hydrogen) atoms. The van der Waals surface area contributed by atoms with E-state index in [9.17, 15) is 0 Å². The van der Waals surface area contributed by atoms with Crippen molar-refractivity contribution in [2.24, 2.45) is 11.7 Å². The van der Waals surface area contributed by atoms with Crippen LogP contribution < -0.4 is 5.73 Å². The summed E-state index contributed by atoms with van der Waals surface area (Å²) >= 11 is 0. The fraction of sp³-hybridized carbons (Fsp3) is 0.818. The third kappa shape index (κ3) is 2.78. The Hall–Kier alpha value is -0.900. The second-order valence-corrected chi connectivity index (χ2v) is 5.12. The summed E-state index contributed by atoms with van der Waals surface area (Å²) in [5.74, 6) is 1.64. The molecule has 0 saturated heterocycles. The molecule has 4 heteroatoms. The molecule has 0 bridgehead atoms. The summed E-state index contributed by atoms with van der Waals surface area (Å²) in [6, 6.07) is -0.130. The maximum atomic E-state index is 6.02. The van der Waals surface area contributed by atoms with Crippen LogP contribution in [0.3, 0.4) is 0 Å². The van der Waals surface area contributed by atoms with Gasteiger partial charge in [-0.15, -0.1) is 0 Å². The maximum absolute atomic E-state index is 6.02. The molecule has 2 atom stereocenters. The van der Waals surface area contributed by atoms with Crippen molar-refractivity contribution in [2.75, 3.05) is 0 Å². The Morgan fingerprint density at radius 2 is 2.00 bits per heavy atom. The number of hydrogen-bond acceptors (Lipinski definition) is 4. The predicted octanol–water partition coefficient (Wildman–Crippen LogP) is 2.41. The molecular formula is C11H21N3O. The van der Waals surface area contributed by atoms with Gasteiger partial charge in [0.05, 0.1) is 6.04 Å². The molecule has 1 rings (SSSR count). The highest BCUT2D eigenvalue weighted by Crippen LogP contribution is 2.24. The number of nitrogens with two attached hydrogens (primary N) is 1. The number of rotatable bonds is 3. The van der Waals surface area contributed by atoms with Gasteiger partial charge in [-0.25, -0.2) is 0 Å². The zero-order chi connectivity index (χ0) is 11.6. The minimum atomic E-state index is -0.130. The monoisotopic (exact) mass is 211 g/mol. The normalized spacial score (nSPS) is 16.4. The first-order chi connectivity index (χ1) is 6.86. The first kappa shape index (κ1) is 12.2. The Kier molecular flexibility index (Phi) is 3.50. The average Bonchev–Trinajstić information content (AvgIpc) is 2.63. The molecule has 1 aromatic rings. The van der Waals surface area contributed by atoms with Gasteiger partial charge in [-0.05, 0) is 5.92 Å². The number of aromatic nitrogens is 2. The molecule has 2 N–H and O–H groups in total. The molecule has 1 aromatic heterocycles. The van der Waals surface area contributed by atoms with Gasteiger partial charge in [0.1, 0.15) is 0 Å². The van der Waals surface area contributed by atoms with Crippen molar-refractivity contribution in [1.29, 1.82) is 0 Å². The first-order valence-corrected chi connectivity index (χ1v) is 5.46. The van der Waals surface area contributed by atoms with Crippen molar-refractivity contribution in [3.63, 3.8) is 0 Å². The molecule has 86 valence electrons. The minimum Gasteiger partial charge on any atom is -0.339 e. The third-order valence-electron chi connectivity index (χ3n) is 2.64. The highest BCUT2D eigenvalue weighted by atomic mass is 16.5. The zero-order valence-electron chi connectivity index (χ0n) is 10.2. The van der Waals surface area contributed by atoms with Crippen LogP contribution in [0, 0.1) is 5.92 Å². The molecule has 2 unspecified atom stereocenters. The van der Waals surface area contributed by atoms with Crippen LogP contribution >= 0.6 is 0 Å². The standard InChI is InChI=1S/C11H21N3O/c1-6-7(2)8(12)9-13-10(15-14-9)11(3,4)5/h7-8H,6,12H2,1-5H3. The Balaban J connectivity index is 2.85. The number of nitrogens with zero attached hydrogens (tertiary/aromatic N) is 2. The molecule has 0 amide bonds. The SMILES string of the molecule is CCC(C)C(N)c1noc(C(C)(C)C)n1. The molecule has 0 aliphatic carbocycles. The fourth-order valence-corrected chi connectivity index (χ4v) is 1.18. The molecular weight excluding hydrogens is 190 g/mol. The smallest absolute Gasteiger partial charge is 0.232 e. The van der Waals surface area contributed by atoms with E-state index in [4.69, 9.17) is 10.3 Å². The Morgan fingerprint density at radius 1 is 1.40 bits per heavy atom. The molecule has 0 fully saturated rings. The molecule has 0 aliphatic rings. The van der Waals surface area contributed by atoms with Crippen molar-refractivity contribution in [3.8, 4) is 0 Å². The second-order valence-electron chi connectivity index (χ2n) is 5.12. The quantitative estimate of drug-likeness (QED) is 0.833. The largest absolute Gasteiger partial charge is 0.339 e. The van der Waals surface area contributed by atoms with Crippen LogP contribution in [0.4, 0.5) is 0 Å². The predicted molar refractivity (Wildman–Crippen MR) is 59.4 cm³/mol. The Labute approximate surface area is 91.2 Å². The van der Waals surface area contributed by atoms with E-state index < -0.39 is 0 Å². The van der Waals surface area contributed by atoms with E-state index in [0.717, 1.165) is 6.42 Å². The van der Waals surface area contributed by atoms with Gasteiger partial charge in [-0.2, -0.15) is 4.98 Å². The van der Waals surface area contributed by atoms with E-state index >= 15 is 0 Å². The van der Waals surface area contributed by atoms with Gasteiger partial charge in [0, 0.05) is 5.41 Å². The Bertz CT molecular complexity index is 314. The van der Waals surface area contributed by atoms with Crippen LogP contribution in [0.25, 0.3) is 0 Å². The van der Waals surface area contributed by atoms with E-state index in [-0.39, 0.29) is 11.5 Å². The van der Waals surface area contributed by atoms with Gasteiger partial charge in [0.25, 0.3) is 0 Å². The topological polar surface area (TPSA) is 64.9 Å². The summed E-state index contributed by atoms with van der Waals surface area (Å²) in [7, 11) is 0. The highest BCUT2D eigenvalue weighted by molar-refractivity contribution is 5.01. The van der Waals surface area contributed by atoms with Gasteiger partial charge in [-0.3, -0.25) is 0 Å². The molecule has 4 nitrogen and oxygen atoms in total. The molecule has 0 radical (unpaired) electrons. The average molecular weight is 211 g/mol. The van der Waals surface area contributed by atoms with E-state index in [1.54, 1.807) is 0 Å². The lowest BCUT2D eigenvalue weighted by Gasteiger charge is -2.14. The lowest BCUT2D eigenvalue weighted by Crippen LogP contribution is -2.20. The third-order valence-corrected chi connectivity index (χ3v) is 2.64. The van der Waals surface area contributed by atoms with Gasteiger partial charge in [0.15, 0.2) is 5.82 Å². The second kappa shape index (κ2) is 4.31. The molecule has 0 aromatic carbocycles. The fourth-order valence-electron chi connectivity index (χ4n) is 1.18. The van der Waals surface area contributed by atoms with Crippen LogP contribution in [0.1, 0.15) is 58.8 Å². The van der Waals surface area contributed by atoms with Crippen molar-refractivity contribution >= 4 is 0 Å². The van der Waals surface area contributed by atoms with E-state index in [2.05, 4.69) is 24.0 Å². The van der Waals surface area contributed by atoms with E-state index in [1.165, 1.54) is 0 Å². The number of hydrogen-bond donors (Lipinski definition) is 1. The first-order valence-electron chi connectivity index (χ1n) is 5.46.